The molecule has 0 N–H and O–H groups in total. The van der Waals surface area contributed by atoms with Crippen LogP contribution in [0.2, 0.25) is 5.15 Å². The van der Waals surface area contributed by atoms with Crippen LogP contribution >= 0.6 is 11.6 Å². The number of hydrogen-bond donors (Lipinski definition) is 0. The van der Waals surface area contributed by atoms with Crippen molar-refractivity contribution in [1.82, 2.24) is 9.88 Å². The topological polar surface area (TPSA) is 100 Å². The Morgan fingerprint density at radius 3 is 2.90 bits per heavy atom. The van der Waals surface area contributed by atoms with E-state index in [1.165, 1.54) is 4.90 Å². The van der Waals surface area contributed by atoms with Crippen LogP contribution in [0, 0.1) is 21.4 Å². The minimum atomic E-state index is -0.628. The summed E-state index contributed by atoms with van der Waals surface area (Å²) in [7, 11) is 0. The Hall–Kier alpha value is -2.20. The summed E-state index contributed by atoms with van der Waals surface area (Å²) in [5, 5.41) is 19.3. The fourth-order valence-electron chi connectivity index (χ4n) is 1.85. The Labute approximate surface area is 119 Å². The lowest BCUT2D eigenvalue weighted by molar-refractivity contribution is -0.385. The zero-order chi connectivity index (χ0) is 14.7. The summed E-state index contributed by atoms with van der Waals surface area (Å²) < 4.78 is 0. The van der Waals surface area contributed by atoms with Crippen molar-refractivity contribution >= 4 is 23.2 Å². The van der Waals surface area contributed by atoms with E-state index >= 15 is 0 Å². The molecule has 1 heterocycles. The highest BCUT2D eigenvalue weighted by atomic mass is 35.5. The molecule has 7 nitrogen and oxygen atoms in total. The lowest BCUT2D eigenvalue weighted by Gasteiger charge is -2.21. The van der Waals surface area contributed by atoms with Gasteiger partial charge in [-0.2, -0.15) is 5.26 Å². The third kappa shape index (κ3) is 3.03. The molecule has 1 aliphatic carbocycles. The van der Waals surface area contributed by atoms with E-state index in [1.54, 1.807) is 0 Å². The second kappa shape index (κ2) is 5.84. The van der Waals surface area contributed by atoms with Gasteiger partial charge in [0.2, 0.25) is 0 Å². The maximum Gasteiger partial charge on any atom is 0.288 e. The summed E-state index contributed by atoms with van der Waals surface area (Å²) in [6.45, 7) is 0.291. The highest BCUT2D eigenvalue weighted by molar-refractivity contribution is 6.32. The van der Waals surface area contributed by atoms with Crippen LogP contribution in [0.1, 0.15) is 29.6 Å². The Morgan fingerprint density at radius 1 is 1.65 bits per heavy atom. The number of pyridine rings is 1. The molecule has 1 aliphatic rings. The first-order chi connectivity index (χ1) is 9.54. The summed E-state index contributed by atoms with van der Waals surface area (Å²) in [6.07, 6.45) is 2.96. The van der Waals surface area contributed by atoms with Gasteiger partial charge >= 0.3 is 0 Å². The molecule has 0 bridgehead atoms. The number of carbonyl (C=O) groups excluding carboxylic acids is 1. The lowest BCUT2D eigenvalue weighted by Crippen LogP contribution is -2.34. The van der Waals surface area contributed by atoms with Crippen LogP contribution in [0.3, 0.4) is 0 Å². The molecule has 0 unspecified atom stereocenters. The van der Waals surface area contributed by atoms with Crippen LogP contribution in [0.5, 0.6) is 0 Å². The van der Waals surface area contributed by atoms with E-state index in [0.717, 1.165) is 25.1 Å². The maximum atomic E-state index is 12.4. The molecule has 1 saturated carbocycles. The van der Waals surface area contributed by atoms with E-state index < -0.39 is 10.8 Å². The predicted octanol–water partition coefficient (Wildman–Crippen LogP) is 2.16. The fraction of sp³-hybridized carbons (Fsp3) is 0.417. The van der Waals surface area contributed by atoms with Gasteiger partial charge in [0.15, 0.2) is 0 Å². The van der Waals surface area contributed by atoms with Gasteiger partial charge in [0.1, 0.15) is 11.3 Å². The molecule has 1 amide bonds. The molecule has 0 spiro atoms. The second-order valence-electron chi connectivity index (χ2n) is 4.43. The van der Waals surface area contributed by atoms with Crippen LogP contribution in [0.25, 0.3) is 0 Å². The van der Waals surface area contributed by atoms with Crippen molar-refractivity contribution in [3.63, 3.8) is 0 Å². The highest BCUT2D eigenvalue weighted by Crippen LogP contribution is 2.30. The largest absolute Gasteiger partial charge is 0.335 e. The fourth-order valence-corrected chi connectivity index (χ4v) is 2.03. The van der Waals surface area contributed by atoms with E-state index in [2.05, 4.69) is 4.98 Å². The van der Waals surface area contributed by atoms with Crippen molar-refractivity contribution in [2.45, 2.75) is 25.3 Å². The molecular formula is C12H11ClN4O3. The minimum absolute atomic E-state index is 0.00528. The third-order valence-electron chi connectivity index (χ3n) is 2.98. The first kappa shape index (κ1) is 14.2. The average Bonchev–Trinajstić information content (AvgIpc) is 3.23. The molecule has 8 heteroatoms. The van der Waals surface area contributed by atoms with Gasteiger partial charge in [-0.3, -0.25) is 14.9 Å². The number of rotatable bonds is 5. The molecule has 2 rings (SSSR count). The lowest BCUT2D eigenvalue weighted by atomic mass is 10.2. The van der Waals surface area contributed by atoms with Crippen molar-refractivity contribution in [2.24, 2.45) is 0 Å². The molecule has 1 fully saturated rings. The number of nitriles is 1. The van der Waals surface area contributed by atoms with E-state index in [1.807, 2.05) is 6.07 Å². The van der Waals surface area contributed by atoms with Crippen LogP contribution in [0.4, 0.5) is 5.69 Å². The molecule has 0 saturated heterocycles. The number of amides is 1. The van der Waals surface area contributed by atoms with Gasteiger partial charge in [0, 0.05) is 18.7 Å². The maximum absolute atomic E-state index is 12.4. The van der Waals surface area contributed by atoms with Gasteiger partial charge in [0.05, 0.1) is 23.0 Å². The number of aromatic nitrogens is 1. The van der Waals surface area contributed by atoms with Gasteiger partial charge in [-0.25, -0.2) is 4.98 Å². The predicted molar refractivity (Wildman–Crippen MR) is 70.2 cm³/mol. The van der Waals surface area contributed by atoms with Gasteiger partial charge in [-0.05, 0) is 12.8 Å². The quantitative estimate of drug-likeness (QED) is 0.470. The Balaban J connectivity index is 2.28. The SMILES string of the molecule is N#CCCN(C(=O)c1cc([N+](=O)[O-])cnc1Cl)C1CC1. The van der Waals surface area contributed by atoms with Crippen molar-refractivity contribution < 1.29 is 9.72 Å². The van der Waals surface area contributed by atoms with Crippen molar-refractivity contribution in [2.75, 3.05) is 6.54 Å². The third-order valence-corrected chi connectivity index (χ3v) is 3.28. The molecule has 0 radical (unpaired) electrons. The van der Waals surface area contributed by atoms with Crippen LogP contribution in [-0.2, 0) is 0 Å². The van der Waals surface area contributed by atoms with Gasteiger partial charge < -0.3 is 4.90 Å². The molecule has 1 aromatic heterocycles. The van der Waals surface area contributed by atoms with E-state index in [-0.39, 0.29) is 28.9 Å². The smallest absolute Gasteiger partial charge is 0.288 e. The van der Waals surface area contributed by atoms with Gasteiger partial charge in [-0.1, -0.05) is 11.6 Å². The monoisotopic (exact) mass is 294 g/mol. The van der Waals surface area contributed by atoms with Crippen LogP contribution in [0.15, 0.2) is 12.3 Å². The zero-order valence-electron chi connectivity index (χ0n) is 10.5. The van der Waals surface area contributed by atoms with E-state index in [9.17, 15) is 14.9 Å². The summed E-state index contributed by atoms with van der Waals surface area (Å²) in [5.41, 5.74) is -0.278. The Bertz CT molecular complexity index is 595. The minimum Gasteiger partial charge on any atom is -0.335 e. The Morgan fingerprint density at radius 2 is 2.35 bits per heavy atom. The normalized spacial score (nSPS) is 13.6. The highest BCUT2D eigenvalue weighted by Gasteiger charge is 2.34. The second-order valence-corrected chi connectivity index (χ2v) is 4.78. The number of carbonyl (C=O) groups is 1. The molecule has 104 valence electrons. The van der Waals surface area contributed by atoms with Crippen molar-refractivity contribution in [1.29, 1.82) is 5.26 Å². The van der Waals surface area contributed by atoms with Crippen LogP contribution < -0.4 is 0 Å². The summed E-state index contributed by atoms with van der Waals surface area (Å²) >= 11 is 5.85. The molecule has 20 heavy (non-hydrogen) atoms. The van der Waals surface area contributed by atoms with Gasteiger partial charge in [0.25, 0.3) is 11.6 Å². The molecular weight excluding hydrogens is 284 g/mol. The standard InChI is InChI=1S/C12H11ClN4O3/c13-11-10(6-9(7-15-11)17(19)20)12(18)16(5-1-4-14)8-2-3-8/h6-8H,1-3,5H2. The molecule has 1 aromatic rings. The zero-order valence-corrected chi connectivity index (χ0v) is 11.2. The van der Waals surface area contributed by atoms with E-state index in [4.69, 9.17) is 16.9 Å². The molecule has 0 aromatic carbocycles. The number of nitrogens with zero attached hydrogens (tertiary/aromatic N) is 4. The van der Waals surface area contributed by atoms with E-state index in [0.29, 0.717) is 6.54 Å². The molecule has 0 atom stereocenters. The van der Waals surface area contributed by atoms with Crippen molar-refractivity contribution in [3.8, 4) is 6.07 Å². The summed E-state index contributed by atoms with van der Waals surface area (Å²) in [6, 6.07) is 3.19. The average molecular weight is 295 g/mol. The number of nitro groups is 1. The van der Waals surface area contributed by atoms with Crippen LogP contribution in [-0.4, -0.2) is 33.3 Å². The first-order valence-corrected chi connectivity index (χ1v) is 6.40. The number of halogens is 1. The van der Waals surface area contributed by atoms with Gasteiger partial charge in [-0.15, -0.1) is 0 Å². The van der Waals surface area contributed by atoms with Crippen molar-refractivity contribution in [3.05, 3.63) is 33.1 Å². The molecule has 0 aliphatic heterocycles. The summed E-state index contributed by atoms with van der Waals surface area (Å²) in [4.78, 5) is 27.7. The first-order valence-electron chi connectivity index (χ1n) is 6.02. The summed E-state index contributed by atoms with van der Waals surface area (Å²) in [5.74, 6) is -0.413. The number of hydrogen-bond acceptors (Lipinski definition) is 5. The Kier molecular flexibility index (Phi) is 4.15.